The molecule has 21 heavy (non-hydrogen) atoms. The highest BCUT2D eigenvalue weighted by Crippen LogP contribution is 2.28. The number of rotatable bonds is 6. The van der Waals surface area contributed by atoms with Crippen LogP contribution in [0.1, 0.15) is 5.56 Å². The van der Waals surface area contributed by atoms with Crippen molar-refractivity contribution in [3.63, 3.8) is 0 Å². The number of ether oxygens (including phenoxy) is 2. The van der Waals surface area contributed by atoms with Gasteiger partial charge < -0.3 is 9.47 Å². The summed E-state index contributed by atoms with van der Waals surface area (Å²) in [6, 6.07) is 4.61. The van der Waals surface area contributed by atoms with Crippen LogP contribution in [0.3, 0.4) is 0 Å². The minimum atomic E-state index is -3.72. The van der Waals surface area contributed by atoms with Crippen LogP contribution in [0.2, 0.25) is 0 Å². The fraction of sp³-hybridized carbons (Fsp3) is 0.308. The van der Waals surface area contributed by atoms with Crippen LogP contribution in [0.15, 0.2) is 35.5 Å². The van der Waals surface area contributed by atoms with E-state index in [9.17, 15) is 8.42 Å². The smallest absolute Gasteiger partial charge is 0.244 e. The van der Waals surface area contributed by atoms with Crippen molar-refractivity contribution in [3.05, 3.63) is 36.2 Å². The zero-order chi connectivity index (χ0) is 15.5. The zero-order valence-electron chi connectivity index (χ0n) is 12.0. The van der Waals surface area contributed by atoms with Gasteiger partial charge in [0.15, 0.2) is 0 Å². The van der Waals surface area contributed by atoms with Gasteiger partial charge in [-0.3, -0.25) is 4.68 Å². The zero-order valence-corrected chi connectivity index (χ0v) is 12.8. The molecule has 2 aromatic rings. The van der Waals surface area contributed by atoms with E-state index in [1.165, 1.54) is 20.3 Å². The van der Waals surface area contributed by atoms with Crippen molar-refractivity contribution < 1.29 is 17.9 Å². The van der Waals surface area contributed by atoms with E-state index in [-0.39, 0.29) is 17.2 Å². The van der Waals surface area contributed by atoms with Crippen LogP contribution in [0, 0.1) is 0 Å². The van der Waals surface area contributed by atoms with Crippen molar-refractivity contribution in [1.82, 2.24) is 14.5 Å². The van der Waals surface area contributed by atoms with Gasteiger partial charge in [0.1, 0.15) is 16.4 Å². The molecule has 1 N–H and O–H groups in total. The van der Waals surface area contributed by atoms with Gasteiger partial charge in [-0.1, -0.05) is 0 Å². The van der Waals surface area contributed by atoms with Crippen molar-refractivity contribution in [2.45, 2.75) is 11.4 Å². The van der Waals surface area contributed by atoms with Crippen LogP contribution in [0.4, 0.5) is 0 Å². The van der Waals surface area contributed by atoms with Crippen molar-refractivity contribution in [2.75, 3.05) is 14.2 Å². The molecule has 0 atom stereocenters. The number of nitrogens with zero attached hydrogens (tertiary/aromatic N) is 2. The Balaban J connectivity index is 2.26. The summed E-state index contributed by atoms with van der Waals surface area (Å²) in [7, 11) is 0.942. The summed E-state index contributed by atoms with van der Waals surface area (Å²) < 4.78 is 39.0. The summed E-state index contributed by atoms with van der Waals surface area (Å²) in [5, 5.41) is 3.99. The van der Waals surface area contributed by atoms with E-state index in [0.29, 0.717) is 5.75 Å². The molecule has 1 heterocycles. The lowest BCUT2D eigenvalue weighted by atomic mass is 10.3. The van der Waals surface area contributed by atoms with Crippen LogP contribution in [-0.2, 0) is 23.6 Å². The Morgan fingerprint density at radius 2 is 2.05 bits per heavy atom. The molecule has 0 aliphatic carbocycles. The first kappa shape index (κ1) is 15.3. The molecular weight excluding hydrogens is 294 g/mol. The number of aryl methyl sites for hydroxylation is 1. The van der Waals surface area contributed by atoms with Crippen molar-refractivity contribution in [3.8, 4) is 11.5 Å². The third kappa shape index (κ3) is 3.53. The Bertz CT molecular complexity index is 725. The molecular formula is C13H17N3O4S. The van der Waals surface area contributed by atoms with Gasteiger partial charge in [-0.15, -0.1) is 0 Å². The molecule has 1 aromatic carbocycles. The predicted octanol–water partition coefficient (Wildman–Crippen LogP) is 0.916. The number of sulfonamides is 1. The van der Waals surface area contributed by atoms with Gasteiger partial charge in [0, 0.05) is 31.4 Å². The lowest BCUT2D eigenvalue weighted by molar-refractivity contribution is 0.392. The minimum absolute atomic E-state index is 0.0354. The van der Waals surface area contributed by atoms with E-state index in [4.69, 9.17) is 9.47 Å². The molecule has 0 aliphatic heterocycles. The van der Waals surface area contributed by atoms with Gasteiger partial charge in [-0.25, -0.2) is 13.1 Å². The van der Waals surface area contributed by atoms with Crippen molar-refractivity contribution in [2.24, 2.45) is 7.05 Å². The molecule has 8 heteroatoms. The first-order chi connectivity index (χ1) is 9.96. The third-order valence-electron chi connectivity index (χ3n) is 2.88. The third-order valence-corrected chi connectivity index (χ3v) is 4.31. The average Bonchev–Trinajstić information content (AvgIpc) is 2.90. The van der Waals surface area contributed by atoms with Crippen LogP contribution in [0.25, 0.3) is 0 Å². The summed E-state index contributed by atoms with van der Waals surface area (Å²) in [6.07, 6.45) is 3.34. The predicted molar refractivity (Wildman–Crippen MR) is 76.8 cm³/mol. The van der Waals surface area contributed by atoms with Gasteiger partial charge in [0.2, 0.25) is 10.0 Å². The Hall–Kier alpha value is -2.06. The summed E-state index contributed by atoms with van der Waals surface area (Å²) in [5.74, 6) is 0.701. The fourth-order valence-electron chi connectivity index (χ4n) is 1.81. The van der Waals surface area contributed by atoms with Gasteiger partial charge >= 0.3 is 0 Å². The Morgan fingerprint density at radius 3 is 2.62 bits per heavy atom. The molecule has 0 radical (unpaired) electrons. The highest BCUT2D eigenvalue weighted by Gasteiger charge is 2.20. The maximum absolute atomic E-state index is 12.4. The molecule has 0 aliphatic rings. The largest absolute Gasteiger partial charge is 0.497 e. The van der Waals surface area contributed by atoms with E-state index >= 15 is 0 Å². The number of methoxy groups -OCH3 is 2. The number of hydrogen-bond donors (Lipinski definition) is 1. The first-order valence-electron chi connectivity index (χ1n) is 6.15. The van der Waals surface area contributed by atoms with E-state index in [2.05, 4.69) is 9.82 Å². The highest BCUT2D eigenvalue weighted by atomic mass is 32.2. The maximum atomic E-state index is 12.4. The minimum Gasteiger partial charge on any atom is -0.497 e. The second kappa shape index (κ2) is 6.15. The fourth-order valence-corrected chi connectivity index (χ4v) is 3.01. The number of nitrogens with one attached hydrogen (secondary N) is 1. The summed E-state index contributed by atoms with van der Waals surface area (Å²) >= 11 is 0. The van der Waals surface area contributed by atoms with Crippen LogP contribution < -0.4 is 14.2 Å². The van der Waals surface area contributed by atoms with Crippen molar-refractivity contribution >= 4 is 10.0 Å². The van der Waals surface area contributed by atoms with E-state index < -0.39 is 10.0 Å². The molecule has 0 spiro atoms. The first-order valence-corrected chi connectivity index (χ1v) is 7.64. The SMILES string of the molecule is COc1ccc(OC)c(S(=O)(=O)NCc2cnn(C)c2)c1. The summed E-state index contributed by atoms with van der Waals surface area (Å²) in [5.41, 5.74) is 0.767. The highest BCUT2D eigenvalue weighted by molar-refractivity contribution is 7.89. The Kier molecular flexibility index (Phi) is 4.49. The molecule has 0 unspecified atom stereocenters. The molecule has 2 rings (SSSR count). The average molecular weight is 311 g/mol. The molecule has 0 saturated heterocycles. The van der Waals surface area contributed by atoms with Gasteiger partial charge in [0.05, 0.1) is 20.4 Å². The van der Waals surface area contributed by atoms with E-state index in [1.807, 2.05) is 0 Å². The maximum Gasteiger partial charge on any atom is 0.244 e. The topological polar surface area (TPSA) is 82.4 Å². The second-order valence-electron chi connectivity index (χ2n) is 4.36. The van der Waals surface area contributed by atoms with Gasteiger partial charge in [-0.05, 0) is 12.1 Å². The molecule has 0 saturated carbocycles. The summed E-state index contributed by atoms with van der Waals surface area (Å²) in [4.78, 5) is 0.0354. The summed E-state index contributed by atoms with van der Waals surface area (Å²) in [6.45, 7) is 0.149. The monoisotopic (exact) mass is 311 g/mol. The van der Waals surface area contributed by atoms with Gasteiger partial charge in [0.25, 0.3) is 0 Å². The van der Waals surface area contributed by atoms with Crippen LogP contribution >= 0.6 is 0 Å². The molecule has 1 aromatic heterocycles. The van der Waals surface area contributed by atoms with Crippen LogP contribution in [0.5, 0.6) is 11.5 Å². The quantitative estimate of drug-likeness (QED) is 0.857. The number of hydrogen-bond acceptors (Lipinski definition) is 5. The molecule has 0 amide bonds. The molecule has 0 bridgehead atoms. The van der Waals surface area contributed by atoms with Crippen molar-refractivity contribution in [1.29, 1.82) is 0 Å². The lowest BCUT2D eigenvalue weighted by Gasteiger charge is -2.11. The normalized spacial score (nSPS) is 11.4. The second-order valence-corrected chi connectivity index (χ2v) is 6.10. The van der Waals surface area contributed by atoms with Crippen LogP contribution in [-0.4, -0.2) is 32.4 Å². The number of aromatic nitrogens is 2. The molecule has 7 nitrogen and oxygen atoms in total. The molecule has 0 fully saturated rings. The standard InChI is InChI=1S/C13H17N3O4S/c1-16-9-10(7-14-16)8-15-21(17,18)13-6-11(19-2)4-5-12(13)20-3/h4-7,9,15H,8H2,1-3H3. The number of benzene rings is 1. The Morgan fingerprint density at radius 1 is 1.29 bits per heavy atom. The van der Waals surface area contributed by atoms with E-state index in [1.54, 1.807) is 36.3 Å². The lowest BCUT2D eigenvalue weighted by Crippen LogP contribution is -2.23. The van der Waals surface area contributed by atoms with E-state index in [0.717, 1.165) is 5.56 Å². The molecule has 114 valence electrons. The Labute approximate surface area is 123 Å². The van der Waals surface area contributed by atoms with Gasteiger partial charge in [-0.2, -0.15) is 5.10 Å².